The van der Waals surface area contributed by atoms with Gasteiger partial charge < -0.3 is 14.2 Å². The third kappa shape index (κ3) is 4.28. The number of ether oxygens (including phenoxy) is 3. The van der Waals surface area contributed by atoms with Gasteiger partial charge in [0, 0.05) is 5.56 Å². The third-order valence-corrected chi connectivity index (χ3v) is 2.26. The first-order valence-electron chi connectivity index (χ1n) is 6.06. The number of esters is 1. The Morgan fingerprint density at radius 1 is 1.33 bits per heavy atom. The first kappa shape index (κ1) is 14.4. The van der Waals surface area contributed by atoms with E-state index < -0.39 is 0 Å². The predicted molar refractivity (Wildman–Crippen MR) is 69.1 cm³/mol. The van der Waals surface area contributed by atoms with E-state index in [1.165, 1.54) is 0 Å². The molecule has 4 heteroatoms. The molecular weight excluding hydrogens is 232 g/mol. The Labute approximate surface area is 108 Å². The number of rotatable bonds is 6. The Hall–Kier alpha value is -1.71. The molecule has 0 spiro atoms. The molecule has 0 saturated heterocycles. The fourth-order valence-electron chi connectivity index (χ4n) is 1.61. The Kier molecular flexibility index (Phi) is 5.49. The summed E-state index contributed by atoms with van der Waals surface area (Å²) < 4.78 is 15.7. The van der Waals surface area contributed by atoms with Crippen LogP contribution in [0.1, 0.15) is 26.3 Å². The van der Waals surface area contributed by atoms with E-state index in [0.29, 0.717) is 12.4 Å². The van der Waals surface area contributed by atoms with Gasteiger partial charge in [0.15, 0.2) is 0 Å². The van der Waals surface area contributed by atoms with Crippen molar-refractivity contribution in [3.8, 4) is 11.5 Å². The summed E-state index contributed by atoms with van der Waals surface area (Å²) in [6.45, 7) is 6.15. The molecule has 100 valence electrons. The van der Waals surface area contributed by atoms with Crippen molar-refractivity contribution in [2.75, 3.05) is 13.7 Å². The highest BCUT2D eigenvalue weighted by molar-refractivity contribution is 5.74. The van der Waals surface area contributed by atoms with E-state index in [4.69, 9.17) is 14.2 Å². The molecule has 0 aliphatic rings. The smallest absolute Gasteiger partial charge is 0.310 e. The van der Waals surface area contributed by atoms with Crippen molar-refractivity contribution < 1.29 is 19.0 Å². The van der Waals surface area contributed by atoms with Crippen molar-refractivity contribution in [2.45, 2.75) is 33.3 Å². The molecule has 0 N–H and O–H groups in total. The number of benzene rings is 1. The number of methoxy groups -OCH3 is 1. The lowest BCUT2D eigenvalue weighted by atomic mass is 10.1. The quantitative estimate of drug-likeness (QED) is 0.730. The van der Waals surface area contributed by atoms with Gasteiger partial charge in [-0.2, -0.15) is 0 Å². The highest BCUT2D eigenvalue weighted by Crippen LogP contribution is 2.25. The summed E-state index contributed by atoms with van der Waals surface area (Å²) in [5, 5.41) is 0. The van der Waals surface area contributed by atoms with Gasteiger partial charge in [0.2, 0.25) is 0 Å². The van der Waals surface area contributed by atoms with Gasteiger partial charge in [0.1, 0.15) is 11.5 Å². The van der Waals surface area contributed by atoms with Crippen LogP contribution in [-0.2, 0) is 16.0 Å². The maximum absolute atomic E-state index is 11.6. The lowest BCUT2D eigenvalue weighted by molar-refractivity contribution is -0.146. The fraction of sp³-hybridized carbons (Fsp3) is 0.500. The SMILES string of the molecule is CCOc1ccc(OC)c(CC(=O)OC(C)C)c1. The first-order valence-corrected chi connectivity index (χ1v) is 6.06. The molecule has 0 aliphatic carbocycles. The standard InChI is InChI=1S/C14H20O4/c1-5-17-12-6-7-13(16-4)11(8-12)9-14(15)18-10(2)3/h6-8,10H,5,9H2,1-4H3. The molecule has 0 unspecified atom stereocenters. The molecule has 0 atom stereocenters. The van der Waals surface area contributed by atoms with Gasteiger partial charge in [-0.25, -0.2) is 0 Å². The molecule has 0 fully saturated rings. The molecule has 0 bridgehead atoms. The minimum atomic E-state index is -0.267. The van der Waals surface area contributed by atoms with Crippen molar-refractivity contribution in [3.05, 3.63) is 23.8 Å². The zero-order valence-corrected chi connectivity index (χ0v) is 11.4. The van der Waals surface area contributed by atoms with E-state index in [-0.39, 0.29) is 18.5 Å². The molecule has 1 rings (SSSR count). The van der Waals surface area contributed by atoms with Crippen LogP contribution in [0.25, 0.3) is 0 Å². The summed E-state index contributed by atoms with van der Waals surface area (Å²) in [7, 11) is 1.58. The molecule has 1 aromatic carbocycles. The monoisotopic (exact) mass is 252 g/mol. The molecular formula is C14H20O4. The van der Waals surface area contributed by atoms with E-state index in [9.17, 15) is 4.79 Å². The van der Waals surface area contributed by atoms with E-state index in [1.807, 2.05) is 32.9 Å². The summed E-state index contributed by atoms with van der Waals surface area (Å²) in [4.78, 5) is 11.6. The van der Waals surface area contributed by atoms with Crippen LogP contribution in [-0.4, -0.2) is 25.8 Å². The van der Waals surface area contributed by atoms with E-state index in [2.05, 4.69) is 0 Å². The minimum absolute atomic E-state index is 0.112. The van der Waals surface area contributed by atoms with Gasteiger partial charge in [0.05, 0.1) is 26.2 Å². The van der Waals surface area contributed by atoms with E-state index in [0.717, 1.165) is 11.3 Å². The van der Waals surface area contributed by atoms with E-state index in [1.54, 1.807) is 13.2 Å². The van der Waals surface area contributed by atoms with Gasteiger partial charge in [-0.15, -0.1) is 0 Å². The van der Waals surface area contributed by atoms with E-state index >= 15 is 0 Å². The number of hydrogen-bond donors (Lipinski definition) is 0. The van der Waals surface area contributed by atoms with Crippen molar-refractivity contribution in [2.24, 2.45) is 0 Å². The van der Waals surface area contributed by atoms with Crippen LogP contribution < -0.4 is 9.47 Å². The van der Waals surface area contributed by atoms with Crippen LogP contribution in [0.2, 0.25) is 0 Å². The van der Waals surface area contributed by atoms with Gasteiger partial charge in [0.25, 0.3) is 0 Å². The molecule has 0 aromatic heterocycles. The van der Waals surface area contributed by atoms with Crippen LogP contribution in [0.3, 0.4) is 0 Å². The zero-order chi connectivity index (χ0) is 13.5. The molecule has 1 aromatic rings. The molecule has 0 heterocycles. The van der Waals surface area contributed by atoms with Gasteiger partial charge in [-0.1, -0.05) is 0 Å². The molecule has 0 radical (unpaired) electrons. The average molecular weight is 252 g/mol. The highest BCUT2D eigenvalue weighted by atomic mass is 16.5. The second kappa shape index (κ2) is 6.89. The second-order valence-electron chi connectivity index (χ2n) is 4.12. The summed E-state index contributed by atoms with van der Waals surface area (Å²) in [5.74, 6) is 1.13. The second-order valence-corrected chi connectivity index (χ2v) is 4.12. The molecule has 0 amide bonds. The maximum atomic E-state index is 11.6. The summed E-state index contributed by atoms with van der Waals surface area (Å²) in [5.41, 5.74) is 0.772. The lowest BCUT2D eigenvalue weighted by Gasteiger charge is -2.12. The van der Waals surface area contributed by atoms with Crippen LogP contribution in [0.5, 0.6) is 11.5 Å². The van der Waals surface area contributed by atoms with Crippen molar-refractivity contribution in [1.82, 2.24) is 0 Å². The molecule has 0 saturated carbocycles. The van der Waals surface area contributed by atoms with Crippen molar-refractivity contribution in [3.63, 3.8) is 0 Å². The van der Waals surface area contributed by atoms with Crippen LogP contribution >= 0.6 is 0 Å². The molecule has 0 aliphatic heterocycles. The lowest BCUT2D eigenvalue weighted by Crippen LogP contribution is -2.14. The summed E-state index contributed by atoms with van der Waals surface area (Å²) in [6, 6.07) is 5.42. The topological polar surface area (TPSA) is 44.8 Å². The van der Waals surface area contributed by atoms with Gasteiger partial charge >= 0.3 is 5.97 Å². The number of carbonyl (C=O) groups excluding carboxylic acids is 1. The number of hydrogen-bond acceptors (Lipinski definition) is 4. The first-order chi connectivity index (χ1) is 8.56. The van der Waals surface area contributed by atoms with Crippen molar-refractivity contribution in [1.29, 1.82) is 0 Å². The third-order valence-electron chi connectivity index (χ3n) is 2.26. The zero-order valence-electron chi connectivity index (χ0n) is 11.4. The maximum Gasteiger partial charge on any atom is 0.310 e. The minimum Gasteiger partial charge on any atom is -0.496 e. The Morgan fingerprint density at radius 3 is 2.61 bits per heavy atom. The summed E-state index contributed by atoms with van der Waals surface area (Å²) in [6.07, 6.45) is 0.0704. The Bertz CT molecular complexity index is 399. The van der Waals surface area contributed by atoms with Crippen molar-refractivity contribution >= 4 is 5.97 Å². The Morgan fingerprint density at radius 2 is 2.06 bits per heavy atom. The average Bonchev–Trinajstić information content (AvgIpc) is 2.28. The molecule has 18 heavy (non-hydrogen) atoms. The summed E-state index contributed by atoms with van der Waals surface area (Å²) >= 11 is 0. The number of carbonyl (C=O) groups is 1. The fourth-order valence-corrected chi connectivity index (χ4v) is 1.61. The van der Waals surface area contributed by atoms with Crippen LogP contribution in [0.4, 0.5) is 0 Å². The van der Waals surface area contributed by atoms with Gasteiger partial charge in [-0.05, 0) is 39.0 Å². The highest BCUT2D eigenvalue weighted by Gasteiger charge is 2.12. The predicted octanol–water partition coefficient (Wildman–Crippen LogP) is 2.59. The van der Waals surface area contributed by atoms with Crippen LogP contribution in [0.15, 0.2) is 18.2 Å². The normalized spacial score (nSPS) is 10.3. The Balaban J connectivity index is 2.83. The largest absolute Gasteiger partial charge is 0.496 e. The van der Waals surface area contributed by atoms with Crippen LogP contribution in [0, 0.1) is 0 Å². The molecule has 4 nitrogen and oxygen atoms in total. The van der Waals surface area contributed by atoms with Gasteiger partial charge in [-0.3, -0.25) is 4.79 Å².